The van der Waals surface area contributed by atoms with Crippen LogP contribution in [0.3, 0.4) is 0 Å². The third-order valence-corrected chi connectivity index (χ3v) is 6.89. The number of pyridine rings is 2. The van der Waals surface area contributed by atoms with Gasteiger partial charge in [0.1, 0.15) is 11.4 Å². The molecule has 4 rings (SSSR count). The van der Waals surface area contributed by atoms with E-state index in [1.165, 1.54) is 13.3 Å². The van der Waals surface area contributed by atoms with Crippen molar-refractivity contribution in [3.05, 3.63) is 77.1 Å². The zero-order chi connectivity index (χ0) is 31.2. The maximum atomic E-state index is 13.8. The van der Waals surface area contributed by atoms with Crippen LogP contribution in [0.25, 0.3) is 0 Å². The molecule has 1 aromatic carbocycles. The van der Waals surface area contributed by atoms with Gasteiger partial charge in [0.05, 0.1) is 18.2 Å². The first kappa shape index (κ1) is 31.6. The van der Waals surface area contributed by atoms with Crippen LogP contribution in [0.1, 0.15) is 60.7 Å². The fraction of sp³-hybridized carbons (Fsp3) is 0.419. The highest BCUT2D eigenvalue weighted by molar-refractivity contribution is 6.07. The number of alkyl halides is 3. The van der Waals surface area contributed by atoms with Crippen molar-refractivity contribution in [2.24, 2.45) is 5.92 Å². The second-order valence-corrected chi connectivity index (χ2v) is 11.4. The first-order valence-electron chi connectivity index (χ1n) is 14.0. The van der Waals surface area contributed by atoms with Crippen molar-refractivity contribution in [1.29, 1.82) is 0 Å². The number of likely N-dealkylation sites (tertiary alicyclic amines) is 1. The largest absolute Gasteiger partial charge is 0.481 e. The quantitative estimate of drug-likeness (QED) is 0.302. The monoisotopic (exact) mass is 599 g/mol. The van der Waals surface area contributed by atoms with Gasteiger partial charge in [-0.15, -0.1) is 0 Å². The Morgan fingerprint density at radius 3 is 2.42 bits per heavy atom. The highest BCUT2D eigenvalue weighted by Gasteiger charge is 2.32. The van der Waals surface area contributed by atoms with Crippen molar-refractivity contribution in [2.75, 3.05) is 30.8 Å². The summed E-state index contributed by atoms with van der Waals surface area (Å²) in [6.45, 7) is 6.64. The van der Waals surface area contributed by atoms with Crippen LogP contribution < -0.4 is 15.4 Å². The summed E-state index contributed by atoms with van der Waals surface area (Å²) in [5.74, 6) is 0.192. The van der Waals surface area contributed by atoms with Gasteiger partial charge in [-0.3, -0.25) is 4.79 Å². The lowest BCUT2D eigenvalue weighted by Crippen LogP contribution is -2.42. The lowest BCUT2D eigenvalue weighted by atomic mass is 9.89. The zero-order valence-electron chi connectivity index (χ0n) is 24.6. The molecule has 43 heavy (non-hydrogen) atoms. The number of ether oxygens (including phenoxy) is 2. The molecule has 2 amide bonds. The van der Waals surface area contributed by atoms with E-state index >= 15 is 0 Å². The number of nitrogens with zero attached hydrogens (tertiary/aromatic N) is 3. The molecule has 0 bridgehead atoms. The van der Waals surface area contributed by atoms with E-state index in [2.05, 4.69) is 20.6 Å². The standard InChI is InChI=1S/C31H36F3N5O4/c1-30(2,3)43-29(41)39-12-8-20(9-13-39)14-22-15-23(31(32,33)34)18-24(16-22)38-28(40)25-6-5-10-36-27(25)37-19-21-7-11-35-26(17-21)42-4/h5-7,10-11,15-18,20H,8-9,12-14,19H2,1-4H3,(H,36,37)(H,38,40). The van der Waals surface area contributed by atoms with Crippen LogP contribution >= 0.6 is 0 Å². The van der Waals surface area contributed by atoms with Crippen molar-refractivity contribution in [2.45, 2.75) is 58.4 Å². The molecule has 1 saturated heterocycles. The Hall–Kier alpha value is -4.35. The fourth-order valence-corrected chi connectivity index (χ4v) is 4.81. The molecule has 0 radical (unpaired) electrons. The van der Waals surface area contributed by atoms with E-state index in [0.717, 1.165) is 17.7 Å². The van der Waals surface area contributed by atoms with Gasteiger partial charge in [-0.05, 0) is 93.5 Å². The Labute approximate surface area is 248 Å². The number of hydrogen-bond donors (Lipinski definition) is 2. The van der Waals surface area contributed by atoms with E-state index in [9.17, 15) is 22.8 Å². The van der Waals surface area contributed by atoms with Crippen molar-refractivity contribution >= 4 is 23.5 Å². The zero-order valence-corrected chi connectivity index (χ0v) is 24.6. The molecule has 2 aromatic heterocycles. The SMILES string of the molecule is COc1cc(CNc2ncccc2C(=O)Nc2cc(CC3CCN(C(=O)OC(C)(C)C)CC3)cc(C(F)(F)F)c2)ccn1. The van der Waals surface area contributed by atoms with Crippen LogP contribution in [0.2, 0.25) is 0 Å². The number of piperidine rings is 1. The Morgan fingerprint density at radius 1 is 1.00 bits per heavy atom. The third kappa shape index (κ3) is 9.07. The first-order valence-corrected chi connectivity index (χ1v) is 14.0. The van der Waals surface area contributed by atoms with Gasteiger partial charge in [0.15, 0.2) is 0 Å². The molecule has 0 aliphatic carbocycles. The summed E-state index contributed by atoms with van der Waals surface area (Å²) < 4.78 is 52.1. The molecule has 0 atom stereocenters. The molecular weight excluding hydrogens is 563 g/mol. The number of anilines is 2. The number of hydrogen-bond acceptors (Lipinski definition) is 7. The number of carbonyl (C=O) groups excluding carboxylic acids is 2. The normalized spacial score (nSPS) is 14.3. The van der Waals surface area contributed by atoms with Crippen LogP contribution in [0.4, 0.5) is 29.5 Å². The molecule has 3 heterocycles. The Morgan fingerprint density at radius 2 is 1.74 bits per heavy atom. The van der Waals surface area contributed by atoms with Gasteiger partial charge >= 0.3 is 12.3 Å². The predicted molar refractivity (Wildman–Crippen MR) is 156 cm³/mol. The number of benzene rings is 1. The van der Waals surface area contributed by atoms with Crippen LogP contribution in [0.15, 0.2) is 54.9 Å². The smallest absolute Gasteiger partial charge is 0.416 e. The number of halogens is 3. The second-order valence-electron chi connectivity index (χ2n) is 11.4. The van der Waals surface area contributed by atoms with E-state index in [-0.39, 0.29) is 29.1 Å². The molecule has 230 valence electrons. The molecule has 1 aliphatic rings. The van der Waals surface area contributed by atoms with E-state index in [1.807, 2.05) is 0 Å². The molecule has 12 heteroatoms. The van der Waals surface area contributed by atoms with Crippen molar-refractivity contribution < 1.29 is 32.2 Å². The lowest BCUT2D eigenvalue weighted by Gasteiger charge is -2.33. The van der Waals surface area contributed by atoms with Crippen molar-refractivity contribution in [3.8, 4) is 5.88 Å². The average Bonchev–Trinajstić information content (AvgIpc) is 2.95. The van der Waals surface area contributed by atoms with Gasteiger partial charge in [-0.1, -0.05) is 0 Å². The predicted octanol–water partition coefficient (Wildman–Crippen LogP) is 6.56. The first-order chi connectivity index (χ1) is 20.3. The highest BCUT2D eigenvalue weighted by atomic mass is 19.4. The molecule has 1 fully saturated rings. The van der Waals surface area contributed by atoms with Crippen LogP contribution in [-0.2, 0) is 23.9 Å². The van der Waals surface area contributed by atoms with Gasteiger partial charge in [0, 0.05) is 43.8 Å². The minimum absolute atomic E-state index is 0.0367. The molecule has 3 aromatic rings. The lowest BCUT2D eigenvalue weighted by molar-refractivity contribution is -0.137. The van der Waals surface area contributed by atoms with Crippen LogP contribution in [-0.4, -0.2) is 52.7 Å². The molecule has 9 nitrogen and oxygen atoms in total. The van der Waals surface area contributed by atoms with E-state index in [1.54, 1.807) is 62.2 Å². The summed E-state index contributed by atoms with van der Waals surface area (Å²) in [6, 6.07) is 10.3. The van der Waals surface area contributed by atoms with Crippen molar-refractivity contribution in [3.63, 3.8) is 0 Å². The molecule has 2 N–H and O–H groups in total. The summed E-state index contributed by atoms with van der Waals surface area (Å²) in [7, 11) is 1.51. The Bertz CT molecular complexity index is 1430. The molecule has 0 unspecified atom stereocenters. The number of aromatic nitrogens is 2. The third-order valence-electron chi connectivity index (χ3n) is 6.89. The highest BCUT2D eigenvalue weighted by Crippen LogP contribution is 2.34. The summed E-state index contributed by atoms with van der Waals surface area (Å²) in [4.78, 5) is 35.6. The Kier molecular flexibility index (Phi) is 9.77. The summed E-state index contributed by atoms with van der Waals surface area (Å²) in [5, 5.41) is 5.73. The number of nitrogens with one attached hydrogen (secondary N) is 2. The second kappa shape index (κ2) is 13.3. The van der Waals surface area contributed by atoms with E-state index < -0.39 is 23.2 Å². The van der Waals surface area contributed by atoms with Crippen LogP contribution in [0.5, 0.6) is 5.88 Å². The molecule has 1 aliphatic heterocycles. The summed E-state index contributed by atoms with van der Waals surface area (Å²) >= 11 is 0. The van der Waals surface area contributed by atoms with Gasteiger partial charge in [0.25, 0.3) is 5.91 Å². The summed E-state index contributed by atoms with van der Waals surface area (Å²) in [6.07, 6.45) is -0.233. The Balaban J connectivity index is 1.46. The van der Waals surface area contributed by atoms with E-state index in [4.69, 9.17) is 9.47 Å². The fourth-order valence-electron chi connectivity index (χ4n) is 4.81. The summed E-state index contributed by atoms with van der Waals surface area (Å²) in [5.41, 5.74) is 0.0577. The minimum atomic E-state index is -4.60. The van der Waals surface area contributed by atoms with Crippen molar-refractivity contribution in [1.82, 2.24) is 14.9 Å². The van der Waals surface area contributed by atoms with Gasteiger partial charge in [-0.2, -0.15) is 13.2 Å². The molecular formula is C31H36F3N5O4. The molecule has 0 spiro atoms. The number of rotatable bonds is 8. The number of methoxy groups -OCH3 is 1. The average molecular weight is 600 g/mol. The van der Waals surface area contributed by atoms with Gasteiger partial charge < -0.3 is 25.0 Å². The maximum Gasteiger partial charge on any atom is 0.416 e. The van der Waals surface area contributed by atoms with Gasteiger partial charge in [-0.25, -0.2) is 14.8 Å². The van der Waals surface area contributed by atoms with Crippen LogP contribution in [0, 0.1) is 5.92 Å². The minimum Gasteiger partial charge on any atom is -0.481 e. The number of amides is 2. The number of carbonyl (C=O) groups is 2. The maximum absolute atomic E-state index is 13.8. The topological polar surface area (TPSA) is 106 Å². The van der Waals surface area contributed by atoms with Gasteiger partial charge in [0.2, 0.25) is 5.88 Å². The molecule has 0 saturated carbocycles. The van der Waals surface area contributed by atoms with E-state index in [0.29, 0.717) is 50.3 Å².